The summed E-state index contributed by atoms with van der Waals surface area (Å²) in [6.07, 6.45) is 0.280. The number of halogens is 1. The van der Waals surface area contributed by atoms with E-state index in [9.17, 15) is 9.18 Å². The van der Waals surface area contributed by atoms with Crippen LogP contribution < -0.4 is 5.32 Å². The first-order chi connectivity index (χ1) is 9.65. The Bertz CT molecular complexity index is 551. The molecule has 3 heteroatoms. The van der Waals surface area contributed by atoms with Crippen molar-refractivity contribution in [3.05, 3.63) is 71.5 Å². The zero-order valence-corrected chi connectivity index (χ0v) is 11.5. The van der Waals surface area contributed by atoms with E-state index in [1.165, 1.54) is 17.7 Å². The second-order valence-electron chi connectivity index (χ2n) is 4.92. The van der Waals surface area contributed by atoms with Gasteiger partial charge in [-0.3, -0.25) is 4.79 Å². The van der Waals surface area contributed by atoms with Gasteiger partial charge in [-0.25, -0.2) is 4.39 Å². The molecule has 0 aliphatic heterocycles. The average Bonchev–Trinajstić information content (AvgIpc) is 2.48. The summed E-state index contributed by atoms with van der Waals surface area (Å²) in [6, 6.07) is 16.1. The minimum Gasteiger partial charge on any atom is -0.355 e. The monoisotopic (exact) mass is 271 g/mol. The van der Waals surface area contributed by atoms with E-state index in [0.717, 1.165) is 5.56 Å². The minimum atomic E-state index is -0.285. The first-order valence-electron chi connectivity index (χ1n) is 6.71. The topological polar surface area (TPSA) is 29.1 Å². The third-order valence-corrected chi connectivity index (χ3v) is 3.25. The number of hydrogen-bond acceptors (Lipinski definition) is 1. The molecule has 0 saturated carbocycles. The van der Waals surface area contributed by atoms with E-state index in [-0.39, 0.29) is 24.1 Å². The molecule has 0 heterocycles. The Hall–Kier alpha value is -2.16. The van der Waals surface area contributed by atoms with Crippen molar-refractivity contribution in [2.24, 2.45) is 0 Å². The van der Waals surface area contributed by atoms with Crippen molar-refractivity contribution in [3.8, 4) is 0 Å². The fourth-order valence-electron chi connectivity index (χ4n) is 2.02. The third kappa shape index (κ3) is 4.19. The number of nitrogens with one attached hydrogen (secondary N) is 1. The van der Waals surface area contributed by atoms with Gasteiger partial charge in [0.2, 0.25) is 5.91 Å². The molecule has 0 aliphatic rings. The maximum absolute atomic E-state index is 12.8. The Morgan fingerprint density at radius 3 is 2.40 bits per heavy atom. The molecule has 1 N–H and O–H groups in total. The van der Waals surface area contributed by atoms with Gasteiger partial charge in [0.25, 0.3) is 0 Å². The van der Waals surface area contributed by atoms with Crippen molar-refractivity contribution in [3.63, 3.8) is 0 Å². The fourth-order valence-corrected chi connectivity index (χ4v) is 2.02. The summed E-state index contributed by atoms with van der Waals surface area (Å²) in [7, 11) is 0. The van der Waals surface area contributed by atoms with E-state index >= 15 is 0 Å². The summed E-state index contributed by atoms with van der Waals surface area (Å²) in [5.41, 5.74) is 2.02. The van der Waals surface area contributed by atoms with Gasteiger partial charge in [-0.15, -0.1) is 0 Å². The van der Waals surface area contributed by atoms with E-state index in [1.807, 2.05) is 18.2 Å². The Kier molecular flexibility index (Phi) is 4.88. The SMILES string of the molecule is CC(CNC(=O)Cc1ccc(F)cc1)c1ccccc1. The number of rotatable bonds is 5. The highest BCUT2D eigenvalue weighted by molar-refractivity contribution is 5.78. The van der Waals surface area contributed by atoms with Gasteiger partial charge >= 0.3 is 0 Å². The Labute approximate surface area is 118 Å². The molecule has 0 radical (unpaired) electrons. The zero-order valence-electron chi connectivity index (χ0n) is 11.5. The van der Waals surface area contributed by atoms with E-state index < -0.39 is 0 Å². The third-order valence-electron chi connectivity index (χ3n) is 3.25. The molecule has 0 fully saturated rings. The smallest absolute Gasteiger partial charge is 0.224 e. The van der Waals surface area contributed by atoms with Crippen LogP contribution in [-0.2, 0) is 11.2 Å². The van der Waals surface area contributed by atoms with Crippen molar-refractivity contribution >= 4 is 5.91 Å². The molecule has 0 saturated heterocycles. The van der Waals surface area contributed by atoms with Gasteiger partial charge in [0.15, 0.2) is 0 Å². The molecular weight excluding hydrogens is 253 g/mol. The normalized spacial score (nSPS) is 11.9. The molecule has 2 nitrogen and oxygen atoms in total. The fraction of sp³-hybridized carbons (Fsp3) is 0.235. The van der Waals surface area contributed by atoms with E-state index in [1.54, 1.807) is 12.1 Å². The summed E-state index contributed by atoms with van der Waals surface area (Å²) in [5.74, 6) is -0.0559. The molecule has 2 aromatic rings. The van der Waals surface area contributed by atoms with Crippen LogP contribution in [0.5, 0.6) is 0 Å². The molecule has 0 spiro atoms. The molecule has 20 heavy (non-hydrogen) atoms. The Morgan fingerprint density at radius 1 is 1.10 bits per heavy atom. The van der Waals surface area contributed by atoms with Crippen LogP contribution in [0.1, 0.15) is 24.0 Å². The maximum Gasteiger partial charge on any atom is 0.224 e. The van der Waals surface area contributed by atoms with Gasteiger partial charge in [-0.2, -0.15) is 0 Å². The minimum absolute atomic E-state index is 0.0422. The molecule has 0 bridgehead atoms. The van der Waals surface area contributed by atoms with Crippen molar-refractivity contribution in [1.82, 2.24) is 5.32 Å². The Morgan fingerprint density at radius 2 is 1.75 bits per heavy atom. The highest BCUT2D eigenvalue weighted by atomic mass is 19.1. The second kappa shape index (κ2) is 6.85. The van der Waals surface area contributed by atoms with E-state index in [0.29, 0.717) is 6.54 Å². The quantitative estimate of drug-likeness (QED) is 0.888. The molecule has 0 aliphatic carbocycles. The highest BCUT2D eigenvalue weighted by Crippen LogP contribution is 2.13. The van der Waals surface area contributed by atoms with Gasteiger partial charge in [-0.05, 0) is 29.2 Å². The van der Waals surface area contributed by atoms with Crippen LogP contribution >= 0.6 is 0 Å². The largest absolute Gasteiger partial charge is 0.355 e. The second-order valence-corrected chi connectivity index (χ2v) is 4.92. The van der Waals surface area contributed by atoms with Crippen LogP contribution in [0.25, 0.3) is 0 Å². The lowest BCUT2D eigenvalue weighted by atomic mass is 10.0. The van der Waals surface area contributed by atoms with Gasteiger partial charge in [0.1, 0.15) is 5.82 Å². The number of carbonyl (C=O) groups is 1. The lowest BCUT2D eigenvalue weighted by Gasteiger charge is -2.13. The number of carbonyl (C=O) groups excluding carboxylic acids is 1. The predicted molar refractivity (Wildman–Crippen MR) is 78.0 cm³/mol. The molecule has 1 unspecified atom stereocenters. The number of hydrogen-bond donors (Lipinski definition) is 1. The van der Waals surface area contributed by atoms with Crippen molar-refractivity contribution in [2.75, 3.05) is 6.54 Å². The standard InChI is InChI=1S/C17H18FNO/c1-13(15-5-3-2-4-6-15)12-19-17(20)11-14-7-9-16(18)10-8-14/h2-10,13H,11-12H2,1H3,(H,19,20). The molecule has 2 aromatic carbocycles. The number of benzene rings is 2. The summed E-state index contributed by atoms with van der Waals surface area (Å²) in [4.78, 5) is 11.8. The van der Waals surface area contributed by atoms with Crippen LogP contribution in [0.15, 0.2) is 54.6 Å². The van der Waals surface area contributed by atoms with E-state index in [4.69, 9.17) is 0 Å². The first-order valence-corrected chi connectivity index (χ1v) is 6.71. The number of amides is 1. The molecule has 104 valence electrons. The lowest BCUT2D eigenvalue weighted by Crippen LogP contribution is -2.28. The predicted octanol–water partition coefficient (Wildman–Crippen LogP) is 3.29. The summed E-state index contributed by atoms with van der Waals surface area (Å²) in [5, 5.41) is 2.91. The summed E-state index contributed by atoms with van der Waals surface area (Å²) in [6.45, 7) is 2.68. The van der Waals surface area contributed by atoms with Gasteiger partial charge in [0, 0.05) is 6.54 Å². The average molecular weight is 271 g/mol. The van der Waals surface area contributed by atoms with Crippen LogP contribution in [0.2, 0.25) is 0 Å². The van der Waals surface area contributed by atoms with Crippen molar-refractivity contribution in [2.45, 2.75) is 19.3 Å². The van der Waals surface area contributed by atoms with Crippen molar-refractivity contribution in [1.29, 1.82) is 0 Å². The molecule has 2 rings (SSSR count). The molecule has 1 amide bonds. The Balaban J connectivity index is 1.82. The van der Waals surface area contributed by atoms with Crippen LogP contribution in [-0.4, -0.2) is 12.5 Å². The van der Waals surface area contributed by atoms with Crippen LogP contribution in [0.3, 0.4) is 0 Å². The van der Waals surface area contributed by atoms with Gasteiger partial charge in [-0.1, -0.05) is 49.4 Å². The zero-order chi connectivity index (χ0) is 14.4. The summed E-state index contributed by atoms with van der Waals surface area (Å²) >= 11 is 0. The first kappa shape index (κ1) is 14.3. The highest BCUT2D eigenvalue weighted by Gasteiger charge is 2.08. The van der Waals surface area contributed by atoms with Crippen molar-refractivity contribution < 1.29 is 9.18 Å². The maximum atomic E-state index is 12.8. The molecular formula is C17H18FNO. The van der Waals surface area contributed by atoms with Crippen LogP contribution in [0.4, 0.5) is 4.39 Å². The van der Waals surface area contributed by atoms with Gasteiger partial charge in [0.05, 0.1) is 6.42 Å². The van der Waals surface area contributed by atoms with E-state index in [2.05, 4.69) is 24.4 Å². The molecule has 0 aromatic heterocycles. The van der Waals surface area contributed by atoms with Crippen LogP contribution in [0, 0.1) is 5.82 Å². The summed E-state index contributed by atoms with van der Waals surface area (Å²) < 4.78 is 12.8. The molecule has 1 atom stereocenters. The van der Waals surface area contributed by atoms with Gasteiger partial charge < -0.3 is 5.32 Å². The lowest BCUT2D eigenvalue weighted by molar-refractivity contribution is -0.120.